The number of alkyl halides is 3. The number of ether oxygens (including phenoxy) is 1. The van der Waals surface area contributed by atoms with Gasteiger partial charge in [-0.25, -0.2) is 0 Å². The fraction of sp³-hybridized carbons (Fsp3) is 0.458. The molecule has 194 valence electrons. The maximum atomic E-state index is 13.3. The first-order valence-corrected chi connectivity index (χ1v) is 13.9. The van der Waals surface area contributed by atoms with Gasteiger partial charge in [0.25, 0.3) is 10.2 Å². The minimum atomic E-state index is -4.39. The number of hydrogen-bond donors (Lipinski definition) is 0. The molecule has 2 aromatic carbocycles. The van der Waals surface area contributed by atoms with Crippen LogP contribution in [0.4, 0.5) is 18.9 Å². The van der Waals surface area contributed by atoms with Gasteiger partial charge in [-0.05, 0) is 42.5 Å². The molecule has 7 nitrogen and oxygen atoms in total. The van der Waals surface area contributed by atoms with Gasteiger partial charge in [0.2, 0.25) is 0 Å². The Morgan fingerprint density at radius 1 is 0.889 bits per heavy atom. The zero-order valence-electron chi connectivity index (χ0n) is 19.3. The maximum Gasteiger partial charge on any atom is 0.416 e. The van der Waals surface area contributed by atoms with Crippen molar-refractivity contribution in [1.82, 2.24) is 8.61 Å². The van der Waals surface area contributed by atoms with E-state index in [0.29, 0.717) is 42.9 Å². The van der Waals surface area contributed by atoms with Gasteiger partial charge < -0.3 is 9.64 Å². The zero-order chi connectivity index (χ0) is 25.7. The molecule has 0 unspecified atom stereocenters. The van der Waals surface area contributed by atoms with Crippen LogP contribution in [0, 0.1) is 0 Å². The Balaban J connectivity index is 1.19. The van der Waals surface area contributed by atoms with Crippen molar-refractivity contribution in [2.75, 3.05) is 44.2 Å². The molecule has 36 heavy (non-hydrogen) atoms. The second-order valence-electron chi connectivity index (χ2n) is 9.36. The van der Waals surface area contributed by atoms with Crippen LogP contribution in [0.2, 0.25) is 0 Å². The summed E-state index contributed by atoms with van der Waals surface area (Å²) >= 11 is 3.37. The molecule has 0 aromatic heterocycles. The van der Waals surface area contributed by atoms with E-state index in [1.54, 1.807) is 12.1 Å². The van der Waals surface area contributed by atoms with Crippen molar-refractivity contribution in [3.05, 3.63) is 58.1 Å². The zero-order valence-corrected chi connectivity index (χ0v) is 21.7. The first-order chi connectivity index (χ1) is 17.0. The first-order valence-electron chi connectivity index (χ1n) is 11.7. The third kappa shape index (κ3) is 4.88. The Kier molecular flexibility index (Phi) is 6.59. The highest BCUT2D eigenvalue weighted by Crippen LogP contribution is 2.41. The first kappa shape index (κ1) is 25.5. The average Bonchev–Trinajstić information content (AvgIpc) is 2.84. The van der Waals surface area contributed by atoms with Gasteiger partial charge in [-0.1, -0.05) is 15.9 Å². The van der Waals surface area contributed by atoms with Crippen LogP contribution in [0.5, 0.6) is 5.75 Å². The lowest BCUT2D eigenvalue weighted by Crippen LogP contribution is -2.57. The van der Waals surface area contributed by atoms with Crippen molar-refractivity contribution >= 4 is 37.6 Å². The smallest absolute Gasteiger partial charge is 0.416 e. The number of Topliss-reactive ketones (excluding diaryl/α,β-unsaturated/α-hetero) is 1. The number of piperidine rings is 1. The fourth-order valence-corrected chi connectivity index (χ4v) is 7.03. The standard InChI is InChI=1S/C24H25BrF3N3O4S/c25-18-3-6-22-20(15-18)21(32)16-23(35-22)7-9-30(10-8-23)36(33,34)31-13-11-29(12-14-31)19-4-1-17(2-5-19)24(26,27)28/h1-6,15H,7-14,16H2. The predicted molar refractivity (Wildman–Crippen MR) is 131 cm³/mol. The number of benzene rings is 2. The Hall–Kier alpha value is -2.15. The summed E-state index contributed by atoms with van der Waals surface area (Å²) in [7, 11) is -3.71. The number of carbonyl (C=O) groups excluding carboxylic acids is 1. The Morgan fingerprint density at radius 3 is 2.11 bits per heavy atom. The number of carbonyl (C=O) groups is 1. The van der Waals surface area contributed by atoms with Crippen LogP contribution >= 0.6 is 15.9 Å². The second-order valence-corrected chi connectivity index (χ2v) is 12.2. The van der Waals surface area contributed by atoms with E-state index in [9.17, 15) is 26.4 Å². The third-order valence-corrected chi connectivity index (χ3v) is 9.66. The van der Waals surface area contributed by atoms with Crippen molar-refractivity contribution in [1.29, 1.82) is 0 Å². The molecule has 1 spiro atoms. The van der Waals surface area contributed by atoms with Crippen LogP contribution in [-0.2, 0) is 16.4 Å². The van der Waals surface area contributed by atoms with Crippen molar-refractivity contribution < 1.29 is 31.1 Å². The summed E-state index contributed by atoms with van der Waals surface area (Å²) in [5.74, 6) is 0.526. The molecule has 3 heterocycles. The summed E-state index contributed by atoms with van der Waals surface area (Å²) in [6.45, 7) is 1.74. The minimum absolute atomic E-state index is 0.00625. The van der Waals surface area contributed by atoms with E-state index in [1.807, 2.05) is 11.0 Å². The lowest BCUT2D eigenvalue weighted by atomic mass is 9.83. The topological polar surface area (TPSA) is 70.2 Å². The molecule has 0 N–H and O–H groups in total. The van der Waals surface area contributed by atoms with E-state index >= 15 is 0 Å². The number of anilines is 1. The van der Waals surface area contributed by atoms with Crippen molar-refractivity contribution in [3.8, 4) is 5.75 Å². The Morgan fingerprint density at radius 2 is 1.50 bits per heavy atom. The molecule has 0 amide bonds. The molecule has 0 radical (unpaired) electrons. The molecular formula is C24H25BrF3N3O4S. The molecule has 3 aliphatic heterocycles. The van der Waals surface area contributed by atoms with Crippen LogP contribution in [-0.4, -0.2) is 67.7 Å². The van der Waals surface area contributed by atoms with Crippen molar-refractivity contribution in [3.63, 3.8) is 0 Å². The number of hydrogen-bond acceptors (Lipinski definition) is 5. The van der Waals surface area contributed by atoms with Crippen LogP contribution in [0.1, 0.15) is 35.2 Å². The summed E-state index contributed by atoms with van der Waals surface area (Å²) in [5.41, 5.74) is -0.247. The fourth-order valence-electron chi connectivity index (χ4n) is 5.07. The van der Waals surface area contributed by atoms with E-state index in [1.165, 1.54) is 20.7 Å². The number of rotatable bonds is 3. The largest absolute Gasteiger partial charge is 0.486 e. The van der Waals surface area contributed by atoms with Crippen LogP contribution in [0.25, 0.3) is 0 Å². The Bertz CT molecular complexity index is 1250. The summed E-state index contributed by atoms with van der Waals surface area (Å²) in [6.07, 6.45) is -3.34. The highest BCUT2D eigenvalue weighted by molar-refractivity contribution is 9.10. The van der Waals surface area contributed by atoms with Crippen molar-refractivity contribution in [2.45, 2.75) is 31.0 Å². The number of piperazine rings is 1. The van der Waals surface area contributed by atoms with E-state index in [-0.39, 0.29) is 38.4 Å². The van der Waals surface area contributed by atoms with Gasteiger partial charge in [0.15, 0.2) is 5.78 Å². The highest BCUT2D eigenvalue weighted by atomic mass is 79.9. The number of fused-ring (bicyclic) bond motifs is 1. The van der Waals surface area contributed by atoms with Gasteiger partial charge in [0.1, 0.15) is 11.4 Å². The number of halogens is 4. The van der Waals surface area contributed by atoms with E-state index in [2.05, 4.69) is 15.9 Å². The summed E-state index contributed by atoms with van der Waals surface area (Å²) in [6, 6.07) is 10.2. The molecule has 12 heteroatoms. The van der Waals surface area contributed by atoms with Crippen LogP contribution < -0.4 is 9.64 Å². The Labute approximate surface area is 216 Å². The average molecular weight is 588 g/mol. The molecule has 0 bridgehead atoms. The normalized spacial score (nSPS) is 21.3. The van der Waals surface area contributed by atoms with Gasteiger partial charge >= 0.3 is 6.18 Å². The SMILES string of the molecule is O=C1CC2(CCN(S(=O)(=O)N3CCN(c4ccc(C(F)(F)F)cc4)CC3)CC2)Oc2ccc(Br)cc21. The predicted octanol–water partition coefficient (Wildman–Crippen LogP) is 4.33. The molecule has 0 aliphatic carbocycles. The molecule has 0 atom stereocenters. The molecule has 3 aliphatic rings. The highest BCUT2D eigenvalue weighted by Gasteiger charge is 2.46. The number of ketones is 1. The van der Waals surface area contributed by atoms with E-state index in [0.717, 1.165) is 16.6 Å². The molecular weight excluding hydrogens is 563 g/mol. The molecule has 0 saturated carbocycles. The van der Waals surface area contributed by atoms with Gasteiger partial charge in [-0.15, -0.1) is 0 Å². The van der Waals surface area contributed by atoms with Crippen LogP contribution in [0.15, 0.2) is 46.9 Å². The van der Waals surface area contributed by atoms with Crippen LogP contribution in [0.3, 0.4) is 0 Å². The molecule has 5 rings (SSSR count). The molecule has 2 aromatic rings. The van der Waals surface area contributed by atoms with Gasteiger partial charge in [0.05, 0.1) is 17.5 Å². The van der Waals surface area contributed by atoms with Gasteiger partial charge in [0, 0.05) is 62.3 Å². The summed E-state index contributed by atoms with van der Waals surface area (Å²) < 4.78 is 75.0. The number of nitrogens with zero attached hydrogens (tertiary/aromatic N) is 3. The van der Waals surface area contributed by atoms with E-state index in [4.69, 9.17) is 4.74 Å². The lowest BCUT2D eigenvalue weighted by molar-refractivity contribution is -0.137. The maximum absolute atomic E-state index is 13.3. The third-order valence-electron chi connectivity index (χ3n) is 7.14. The van der Waals surface area contributed by atoms with E-state index < -0.39 is 27.6 Å². The molecule has 2 fully saturated rings. The van der Waals surface area contributed by atoms with Crippen molar-refractivity contribution in [2.24, 2.45) is 0 Å². The lowest BCUT2D eigenvalue weighted by Gasteiger charge is -2.45. The quantitative estimate of drug-likeness (QED) is 0.534. The summed E-state index contributed by atoms with van der Waals surface area (Å²) in [4.78, 5) is 14.6. The minimum Gasteiger partial charge on any atom is -0.486 e. The monoisotopic (exact) mass is 587 g/mol. The molecule has 2 saturated heterocycles. The second kappa shape index (κ2) is 9.30. The van der Waals surface area contributed by atoms with Gasteiger partial charge in [-0.3, -0.25) is 4.79 Å². The summed E-state index contributed by atoms with van der Waals surface area (Å²) in [5, 5.41) is 0. The van der Waals surface area contributed by atoms with Gasteiger partial charge in [-0.2, -0.15) is 30.2 Å².